The molecule has 1 N–H and O–H groups in total. The van der Waals surface area contributed by atoms with Crippen LogP contribution >= 0.6 is 0 Å². The van der Waals surface area contributed by atoms with Crippen LogP contribution in [0, 0.1) is 6.92 Å². The van der Waals surface area contributed by atoms with Crippen molar-refractivity contribution in [3.05, 3.63) is 84.2 Å². The molecule has 0 aliphatic carbocycles. The van der Waals surface area contributed by atoms with Crippen molar-refractivity contribution in [2.24, 2.45) is 0 Å². The molecule has 0 atom stereocenters. The van der Waals surface area contributed by atoms with Gasteiger partial charge in [0.15, 0.2) is 0 Å². The highest BCUT2D eigenvalue weighted by atomic mass is 16.1. The highest BCUT2D eigenvalue weighted by molar-refractivity contribution is 5.93. The predicted octanol–water partition coefficient (Wildman–Crippen LogP) is 3.84. The van der Waals surface area contributed by atoms with Crippen molar-refractivity contribution in [1.82, 2.24) is 19.9 Å². The van der Waals surface area contributed by atoms with Crippen molar-refractivity contribution in [2.75, 3.05) is 6.54 Å². The van der Waals surface area contributed by atoms with Gasteiger partial charge in [0.05, 0.1) is 11.0 Å². The maximum Gasteiger partial charge on any atom is 0.251 e. The second-order valence-electron chi connectivity index (χ2n) is 6.43. The molecule has 4 rings (SSSR count). The van der Waals surface area contributed by atoms with Gasteiger partial charge in [-0.15, -0.1) is 0 Å². The Bertz CT molecular complexity index is 1070. The first-order valence-corrected chi connectivity index (χ1v) is 8.93. The van der Waals surface area contributed by atoms with Crippen molar-refractivity contribution < 1.29 is 4.79 Å². The molecule has 0 bridgehead atoms. The Morgan fingerprint density at radius 1 is 1.00 bits per heavy atom. The molecule has 0 fully saturated rings. The molecular formula is C22H20N4O. The molecule has 2 aromatic heterocycles. The molecule has 0 unspecified atom stereocenters. The maximum absolute atomic E-state index is 12.3. The fourth-order valence-electron chi connectivity index (χ4n) is 3.11. The lowest BCUT2D eigenvalue weighted by atomic mass is 10.1. The largest absolute Gasteiger partial charge is 0.350 e. The first kappa shape index (κ1) is 17.0. The number of carbonyl (C=O) groups is 1. The van der Waals surface area contributed by atoms with E-state index in [0.29, 0.717) is 18.7 Å². The van der Waals surface area contributed by atoms with E-state index in [2.05, 4.69) is 52.1 Å². The van der Waals surface area contributed by atoms with Gasteiger partial charge in [-0.05, 0) is 31.2 Å². The topological polar surface area (TPSA) is 59.8 Å². The van der Waals surface area contributed by atoms with Gasteiger partial charge < -0.3 is 9.88 Å². The van der Waals surface area contributed by atoms with E-state index >= 15 is 0 Å². The van der Waals surface area contributed by atoms with Crippen LogP contribution in [0.3, 0.4) is 0 Å². The van der Waals surface area contributed by atoms with Gasteiger partial charge in [-0.2, -0.15) is 0 Å². The van der Waals surface area contributed by atoms with Gasteiger partial charge in [0.25, 0.3) is 5.91 Å². The second kappa shape index (κ2) is 7.41. The zero-order chi connectivity index (χ0) is 18.6. The van der Waals surface area contributed by atoms with Crippen molar-refractivity contribution in [3.63, 3.8) is 0 Å². The summed E-state index contributed by atoms with van der Waals surface area (Å²) in [6.07, 6.45) is 3.24. The summed E-state index contributed by atoms with van der Waals surface area (Å²) in [4.78, 5) is 21.0. The maximum atomic E-state index is 12.3. The minimum Gasteiger partial charge on any atom is -0.350 e. The van der Waals surface area contributed by atoms with Crippen LogP contribution in [0.25, 0.3) is 22.4 Å². The molecule has 2 aromatic carbocycles. The SMILES string of the molecule is Cc1ccc(-c2nc3ccccc3n2CCNC(=O)c2ccncc2)cc1. The zero-order valence-corrected chi connectivity index (χ0v) is 15.1. The Morgan fingerprint density at radius 3 is 2.52 bits per heavy atom. The average Bonchev–Trinajstić information content (AvgIpc) is 3.08. The molecule has 0 saturated heterocycles. The summed E-state index contributed by atoms with van der Waals surface area (Å²) in [6.45, 7) is 3.22. The lowest BCUT2D eigenvalue weighted by Crippen LogP contribution is -2.27. The molecule has 2 heterocycles. The van der Waals surface area contributed by atoms with Gasteiger partial charge in [0, 0.05) is 36.6 Å². The number of nitrogens with one attached hydrogen (secondary N) is 1. The lowest BCUT2D eigenvalue weighted by molar-refractivity contribution is 0.0952. The van der Waals surface area contributed by atoms with Crippen molar-refractivity contribution in [1.29, 1.82) is 0 Å². The number of nitrogens with zero attached hydrogens (tertiary/aromatic N) is 3. The summed E-state index contributed by atoms with van der Waals surface area (Å²) in [6, 6.07) is 19.8. The van der Waals surface area contributed by atoms with E-state index in [-0.39, 0.29) is 5.91 Å². The van der Waals surface area contributed by atoms with Crippen LogP contribution in [-0.2, 0) is 6.54 Å². The first-order valence-electron chi connectivity index (χ1n) is 8.93. The summed E-state index contributed by atoms with van der Waals surface area (Å²) in [5.41, 5.74) is 4.90. The zero-order valence-electron chi connectivity index (χ0n) is 15.1. The number of benzene rings is 2. The molecule has 0 aliphatic rings. The number of hydrogen-bond acceptors (Lipinski definition) is 3. The van der Waals surface area contributed by atoms with Crippen LogP contribution in [0.2, 0.25) is 0 Å². The highest BCUT2D eigenvalue weighted by Crippen LogP contribution is 2.24. The fraction of sp³-hybridized carbons (Fsp3) is 0.136. The Labute approximate surface area is 157 Å². The molecule has 4 aromatic rings. The summed E-state index contributed by atoms with van der Waals surface area (Å²) in [5.74, 6) is 0.813. The number of carbonyl (C=O) groups excluding carboxylic acids is 1. The highest BCUT2D eigenvalue weighted by Gasteiger charge is 2.12. The molecule has 0 saturated carbocycles. The number of aryl methyl sites for hydroxylation is 1. The molecule has 27 heavy (non-hydrogen) atoms. The molecule has 0 aliphatic heterocycles. The molecule has 0 spiro atoms. The van der Waals surface area contributed by atoms with E-state index in [1.54, 1.807) is 24.5 Å². The molecule has 1 amide bonds. The number of fused-ring (bicyclic) bond motifs is 1. The Morgan fingerprint density at radius 2 is 1.74 bits per heavy atom. The number of pyridine rings is 1. The summed E-state index contributed by atoms with van der Waals surface area (Å²) in [7, 11) is 0. The van der Waals surface area contributed by atoms with Crippen molar-refractivity contribution >= 4 is 16.9 Å². The van der Waals surface area contributed by atoms with Crippen LogP contribution < -0.4 is 5.32 Å². The van der Waals surface area contributed by atoms with Gasteiger partial charge in [0.2, 0.25) is 0 Å². The van der Waals surface area contributed by atoms with E-state index in [9.17, 15) is 4.79 Å². The van der Waals surface area contributed by atoms with Crippen LogP contribution in [0.5, 0.6) is 0 Å². The monoisotopic (exact) mass is 356 g/mol. The molecule has 0 radical (unpaired) electrons. The third kappa shape index (κ3) is 3.58. The van der Waals surface area contributed by atoms with Crippen LogP contribution in [0.4, 0.5) is 0 Å². The Hall–Kier alpha value is -3.47. The quantitative estimate of drug-likeness (QED) is 0.591. The molecular weight excluding hydrogens is 336 g/mol. The van der Waals surface area contributed by atoms with Crippen LogP contribution in [0.15, 0.2) is 73.1 Å². The normalized spacial score (nSPS) is 10.9. The number of hydrogen-bond donors (Lipinski definition) is 1. The second-order valence-corrected chi connectivity index (χ2v) is 6.43. The number of imidazole rings is 1. The predicted molar refractivity (Wildman–Crippen MR) is 106 cm³/mol. The van der Waals surface area contributed by atoms with Crippen molar-refractivity contribution in [3.8, 4) is 11.4 Å². The molecule has 134 valence electrons. The standard InChI is InChI=1S/C22H20N4O/c1-16-6-8-17(9-7-16)21-25-19-4-2-3-5-20(19)26(21)15-14-24-22(27)18-10-12-23-13-11-18/h2-13H,14-15H2,1H3,(H,24,27). The van der Waals surface area contributed by atoms with E-state index in [1.807, 2.05) is 18.2 Å². The summed E-state index contributed by atoms with van der Waals surface area (Å²) in [5, 5.41) is 2.97. The van der Waals surface area contributed by atoms with Gasteiger partial charge in [-0.1, -0.05) is 42.0 Å². The van der Waals surface area contributed by atoms with E-state index in [1.165, 1.54) is 5.56 Å². The van der Waals surface area contributed by atoms with E-state index < -0.39 is 0 Å². The third-order valence-electron chi connectivity index (χ3n) is 4.53. The molecule has 5 nitrogen and oxygen atoms in total. The first-order chi connectivity index (χ1) is 13.2. The number of para-hydroxylation sites is 2. The van der Waals surface area contributed by atoms with Crippen molar-refractivity contribution in [2.45, 2.75) is 13.5 Å². The number of amides is 1. The Balaban J connectivity index is 1.59. The van der Waals surface area contributed by atoms with Gasteiger partial charge in [0.1, 0.15) is 5.82 Å². The van der Waals surface area contributed by atoms with E-state index in [4.69, 9.17) is 4.98 Å². The average molecular weight is 356 g/mol. The minimum atomic E-state index is -0.0984. The van der Waals surface area contributed by atoms with Crippen LogP contribution in [-0.4, -0.2) is 27.0 Å². The fourth-order valence-corrected chi connectivity index (χ4v) is 3.11. The number of aromatic nitrogens is 3. The smallest absolute Gasteiger partial charge is 0.251 e. The lowest BCUT2D eigenvalue weighted by Gasteiger charge is -2.11. The van der Waals surface area contributed by atoms with Crippen LogP contribution in [0.1, 0.15) is 15.9 Å². The summed E-state index contributed by atoms with van der Waals surface area (Å²) < 4.78 is 2.16. The Kier molecular flexibility index (Phi) is 4.66. The third-order valence-corrected chi connectivity index (χ3v) is 4.53. The minimum absolute atomic E-state index is 0.0984. The van der Waals surface area contributed by atoms with E-state index in [0.717, 1.165) is 22.4 Å². The summed E-state index contributed by atoms with van der Waals surface area (Å²) >= 11 is 0. The molecule has 5 heteroatoms. The van der Waals surface area contributed by atoms with Gasteiger partial charge >= 0.3 is 0 Å². The van der Waals surface area contributed by atoms with Gasteiger partial charge in [-0.25, -0.2) is 4.98 Å². The number of rotatable bonds is 5. The van der Waals surface area contributed by atoms with Gasteiger partial charge in [-0.3, -0.25) is 9.78 Å².